The summed E-state index contributed by atoms with van der Waals surface area (Å²) in [5.41, 5.74) is 14.0. The van der Waals surface area contributed by atoms with Crippen LogP contribution in [0.2, 0.25) is 0 Å². The third kappa shape index (κ3) is 12.4. The molecule has 0 aliphatic heterocycles. The van der Waals surface area contributed by atoms with Crippen LogP contribution < -0.4 is 9.80 Å². The lowest BCUT2D eigenvalue weighted by molar-refractivity contribution is 0.733. The van der Waals surface area contributed by atoms with Crippen molar-refractivity contribution in [3.8, 4) is 0 Å². The predicted molar refractivity (Wildman–Crippen MR) is 286 cm³/mol. The van der Waals surface area contributed by atoms with Gasteiger partial charge in [0.1, 0.15) is 0 Å². The summed E-state index contributed by atoms with van der Waals surface area (Å²) < 4.78 is 0. The molecule has 8 aromatic carbocycles. The van der Waals surface area contributed by atoms with E-state index in [1.54, 1.807) is 6.08 Å². The fraction of sp³-hybridized carbons (Fsp3) is 0.0968. The Bertz CT molecular complexity index is 2770. The molecule has 0 saturated carbocycles. The van der Waals surface area contributed by atoms with E-state index in [-0.39, 0.29) is 14.9 Å². The standard InChI is InChI=1S/C31H28N2.C29H22N2.2CH4/c1-4-24(2)26-17-19-27(20-18-26)31(32-3)23-25-15-21-30(22-16-25)33(28-11-7-5-8-12-28)29-13-9-6-10-14-29;1-3-23-14-18-25(19-15-23)29(30-2)22-24-16-20-28(21-17-24)31(26-10-6-4-7-11-26)27-12-8-5-9-13-27;;/h5-24H,4H2,1-2H3;3-22H,1H2;2*1H4/b31-23-;29-22-;;. The molecule has 66 heavy (non-hydrogen) atoms. The van der Waals surface area contributed by atoms with Crippen molar-refractivity contribution >= 4 is 63.7 Å². The molecule has 326 valence electrons. The molecule has 1 unspecified atom stereocenters. The molecule has 0 heterocycles. The van der Waals surface area contributed by atoms with Gasteiger partial charge in [-0.05, 0) is 131 Å². The van der Waals surface area contributed by atoms with Crippen LogP contribution in [0.1, 0.15) is 74.4 Å². The maximum atomic E-state index is 7.70. The minimum atomic E-state index is 0. The lowest BCUT2D eigenvalue weighted by atomic mass is 9.97. The zero-order valence-corrected chi connectivity index (χ0v) is 36.3. The van der Waals surface area contributed by atoms with E-state index < -0.39 is 0 Å². The molecule has 0 fully saturated rings. The third-order valence-electron chi connectivity index (χ3n) is 11.0. The van der Waals surface area contributed by atoms with Crippen LogP contribution >= 0.6 is 0 Å². The van der Waals surface area contributed by atoms with Gasteiger partial charge in [0.25, 0.3) is 0 Å². The molecule has 0 aliphatic rings. The van der Waals surface area contributed by atoms with Crippen LogP contribution in [0, 0.1) is 13.1 Å². The highest BCUT2D eigenvalue weighted by Gasteiger charge is 2.14. The second kappa shape index (κ2) is 24.4. The fourth-order valence-corrected chi connectivity index (χ4v) is 7.33. The van der Waals surface area contributed by atoms with E-state index in [9.17, 15) is 0 Å². The van der Waals surface area contributed by atoms with Gasteiger partial charge in [-0.3, -0.25) is 0 Å². The number of hydrogen-bond donors (Lipinski definition) is 0. The molecule has 0 saturated heterocycles. The van der Waals surface area contributed by atoms with Crippen molar-refractivity contribution < 1.29 is 0 Å². The van der Waals surface area contributed by atoms with Crippen molar-refractivity contribution in [3.05, 3.63) is 281 Å². The molecule has 4 nitrogen and oxygen atoms in total. The smallest absolute Gasteiger partial charge is 0.194 e. The third-order valence-corrected chi connectivity index (χ3v) is 11.0. The van der Waals surface area contributed by atoms with Gasteiger partial charge >= 0.3 is 0 Å². The Morgan fingerprint density at radius 3 is 1.02 bits per heavy atom. The van der Waals surface area contributed by atoms with E-state index in [0.717, 1.165) is 68.4 Å². The molecule has 8 rings (SSSR count). The van der Waals surface area contributed by atoms with E-state index in [1.807, 2.05) is 84.9 Å². The Balaban J connectivity index is 0.000000241. The summed E-state index contributed by atoms with van der Waals surface area (Å²) in [6.45, 7) is 23.5. The van der Waals surface area contributed by atoms with Crippen molar-refractivity contribution in [2.24, 2.45) is 0 Å². The Kier molecular flexibility index (Phi) is 18.0. The number of rotatable bonds is 13. The molecular formula is C62H58N4. The van der Waals surface area contributed by atoms with E-state index in [0.29, 0.717) is 17.3 Å². The first kappa shape index (κ1) is 48.6. The largest absolute Gasteiger partial charge is 0.311 e. The molecule has 8 aromatic rings. The highest BCUT2D eigenvalue weighted by molar-refractivity contribution is 5.87. The molecule has 0 aliphatic carbocycles. The van der Waals surface area contributed by atoms with Crippen molar-refractivity contribution in [2.45, 2.75) is 41.0 Å². The van der Waals surface area contributed by atoms with Crippen molar-refractivity contribution in [2.75, 3.05) is 9.80 Å². The quantitative estimate of drug-likeness (QED) is 0.0848. The Morgan fingerprint density at radius 1 is 0.439 bits per heavy atom. The average Bonchev–Trinajstić information content (AvgIpc) is 3.37. The van der Waals surface area contributed by atoms with E-state index in [1.165, 1.54) is 5.56 Å². The molecular weight excluding hydrogens is 801 g/mol. The number of benzene rings is 8. The lowest BCUT2D eigenvalue weighted by Crippen LogP contribution is -2.09. The number of anilines is 6. The minimum absolute atomic E-state index is 0. The average molecular weight is 859 g/mol. The van der Waals surface area contributed by atoms with Crippen molar-refractivity contribution in [1.82, 2.24) is 0 Å². The van der Waals surface area contributed by atoms with E-state index in [4.69, 9.17) is 13.1 Å². The fourth-order valence-electron chi connectivity index (χ4n) is 7.33. The SMILES string of the molecule is C.C.[C-]#[N+]/C(=C\c1ccc(N(c2ccccc2)c2ccccc2)cc1)c1ccc(C(C)CC)cc1.[C-]#[N+]/C(=C\c1ccc(N(c2ccccc2)c2ccccc2)cc1)c1ccc(C=C)cc1. The Labute approximate surface area is 394 Å². The van der Waals surface area contributed by atoms with Crippen LogP contribution in [0.3, 0.4) is 0 Å². The zero-order valence-electron chi connectivity index (χ0n) is 36.3. The number of nitrogens with zero attached hydrogens (tertiary/aromatic N) is 4. The summed E-state index contributed by atoms with van der Waals surface area (Å²) in [5.74, 6) is 0.532. The summed E-state index contributed by atoms with van der Waals surface area (Å²) in [6, 6.07) is 74.3. The topological polar surface area (TPSA) is 15.2 Å². The van der Waals surface area contributed by atoms with Crippen molar-refractivity contribution in [3.63, 3.8) is 0 Å². The van der Waals surface area contributed by atoms with Crippen LogP contribution in [0.5, 0.6) is 0 Å². The first-order valence-corrected chi connectivity index (χ1v) is 21.5. The van der Waals surface area contributed by atoms with Gasteiger partial charge in [0.05, 0.1) is 13.1 Å². The normalized spacial score (nSPS) is 11.2. The first-order chi connectivity index (χ1) is 31.5. The first-order valence-electron chi connectivity index (χ1n) is 21.5. The highest BCUT2D eigenvalue weighted by atomic mass is 15.1. The van der Waals surface area contributed by atoms with Gasteiger partial charge in [-0.25, -0.2) is 9.69 Å². The minimum Gasteiger partial charge on any atom is -0.311 e. The molecule has 0 aromatic heterocycles. The van der Waals surface area contributed by atoms with Gasteiger partial charge in [0.2, 0.25) is 0 Å². The second-order valence-corrected chi connectivity index (χ2v) is 15.2. The summed E-state index contributed by atoms with van der Waals surface area (Å²) in [4.78, 5) is 12.0. The monoisotopic (exact) mass is 858 g/mol. The maximum Gasteiger partial charge on any atom is 0.194 e. The molecule has 1 atom stereocenters. The van der Waals surface area contributed by atoms with Crippen LogP contribution in [-0.2, 0) is 0 Å². The van der Waals surface area contributed by atoms with Crippen LogP contribution in [0.15, 0.2) is 225 Å². The summed E-state index contributed by atoms with van der Waals surface area (Å²) in [5, 5.41) is 0. The van der Waals surface area contributed by atoms with Gasteiger partial charge < -0.3 is 9.80 Å². The van der Waals surface area contributed by atoms with Crippen LogP contribution in [0.25, 0.3) is 39.3 Å². The second-order valence-electron chi connectivity index (χ2n) is 15.2. The molecule has 0 N–H and O–H groups in total. The van der Waals surface area contributed by atoms with Gasteiger partial charge in [0, 0.05) is 34.1 Å². The Morgan fingerprint density at radius 2 is 0.727 bits per heavy atom. The lowest BCUT2D eigenvalue weighted by Gasteiger charge is -2.25. The predicted octanol–water partition coefficient (Wildman–Crippen LogP) is 18.6. The summed E-state index contributed by atoms with van der Waals surface area (Å²) in [6.07, 6.45) is 6.80. The van der Waals surface area contributed by atoms with Gasteiger partial charge in [-0.15, -0.1) is 0 Å². The molecule has 0 amide bonds. The van der Waals surface area contributed by atoms with E-state index >= 15 is 0 Å². The van der Waals surface area contributed by atoms with Crippen LogP contribution in [-0.4, -0.2) is 0 Å². The summed E-state index contributed by atoms with van der Waals surface area (Å²) >= 11 is 0. The molecule has 0 bridgehead atoms. The molecule has 4 heteroatoms. The molecule has 0 spiro atoms. The highest BCUT2D eigenvalue weighted by Crippen LogP contribution is 2.36. The van der Waals surface area contributed by atoms with Gasteiger partial charge in [0.15, 0.2) is 11.4 Å². The Hall–Kier alpha value is -8.44. The summed E-state index contributed by atoms with van der Waals surface area (Å²) in [7, 11) is 0. The van der Waals surface area contributed by atoms with Gasteiger partial charge in [-0.2, -0.15) is 0 Å². The number of para-hydroxylation sites is 4. The van der Waals surface area contributed by atoms with Gasteiger partial charge in [-0.1, -0.05) is 187 Å². The molecule has 0 radical (unpaired) electrons. The maximum absolute atomic E-state index is 7.70. The van der Waals surface area contributed by atoms with Crippen molar-refractivity contribution in [1.29, 1.82) is 0 Å². The number of hydrogen-bond acceptors (Lipinski definition) is 2. The van der Waals surface area contributed by atoms with Crippen LogP contribution in [0.4, 0.5) is 34.1 Å². The zero-order chi connectivity index (χ0) is 44.5. The van der Waals surface area contributed by atoms with E-state index in [2.05, 4.69) is 186 Å².